The van der Waals surface area contributed by atoms with Crippen LogP contribution in [0.2, 0.25) is 0 Å². The molecule has 0 fully saturated rings. The van der Waals surface area contributed by atoms with E-state index in [1.807, 2.05) is 47.1 Å². The predicted octanol–water partition coefficient (Wildman–Crippen LogP) is 4.37. The fraction of sp³-hybridized carbons (Fsp3) is 0. The van der Waals surface area contributed by atoms with Crippen molar-refractivity contribution in [3.05, 3.63) is 53.3 Å². The van der Waals surface area contributed by atoms with Gasteiger partial charge < -0.3 is 4.40 Å². The fourth-order valence-electron chi connectivity index (χ4n) is 2.05. The Hall–Kier alpha value is -1.72. The molecule has 3 aromatic heterocycles. The normalized spacial score (nSPS) is 11.4. The number of benzene rings is 1. The van der Waals surface area contributed by atoms with Gasteiger partial charge in [-0.15, -0.1) is 11.3 Å². The fourth-order valence-corrected chi connectivity index (χ4v) is 3.32. The molecule has 19 heavy (non-hydrogen) atoms. The Morgan fingerprint density at radius 3 is 2.79 bits per heavy atom. The molecule has 4 aromatic rings. The van der Waals surface area contributed by atoms with Crippen LogP contribution >= 0.6 is 27.3 Å². The van der Waals surface area contributed by atoms with Crippen LogP contribution in [0.5, 0.6) is 0 Å². The number of fused-ring (bicyclic) bond motifs is 2. The van der Waals surface area contributed by atoms with E-state index in [9.17, 15) is 0 Å². The minimum absolute atomic E-state index is 0.916. The summed E-state index contributed by atoms with van der Waals surface area (Å²) in [5.41, 5.74) is 2.87. The first-order chi connectivity index (χ1) is 9.29. The van der Waals surface area contributed by atoms with Crippen molar-refractivity contribution < 1.29 is 0 Å². The van der Waals surface area contributed by atoms with Gasteiger partial charge in [0.05, 0.1) is 10.2 Å². The van der Waals surface area contributed by atoms with Gasteiger partial charge in [-0.1, -0.05) is 12.1 Å². The maximum Gasteiger partial charge on any atom is 0.144 e. The lowest BCUT2D eigenvalue weighted by molar-refractivity contribution is 1.17. The number of hydrogen-bond acceptors (Lipinski definition) is 3. The van der Waals surface area contributed by atoms with Gasteiger partial charge in [0, 0.05) is 16.9 Å². The Morgan fingerprint density at radius 2 is 1.89 bits per heavy atom. The van der Waals surface area contributed by atoms with E-state index in [4.69, 9.17) is 0 Å². The Bertz CT molecular complexity index is 861. The van der Waals surface area contributed by atoms with Gasteiger partial charge in [0.1, 0.15) is 16.3 Å². The highest BCUT2D eigenvalue weighted by atomic mass is 79.9. The SMILES string of the molecule is Brc1ccc2nc(-c3nc4ccccc4s3)cn2c1. The van der Waals surface area contributed by atoms with Gasteiger partial charge in [0.2, 0.25) is 0 Å². The molecule has 0 aliphatic carbocycles. The number of hydrogen-bond donors (Lipinski definition) is 0. The number of thiazole rings is 1. The zero-order valence-electron chi connectivity index (χ0n) is 9.75. The van der Waals surface area contributed by atoms with E-state index in [1.54, 1.807) is 11.3 Å². The maximum atomic E-state index is 4.63. The molecule has 3 heterocycles. The van der Waals surface area contributed by atoms with Crippen molar-refractivity contribution in [3.63, 3.8) is 0 Å². The number of aromatic nitrogens is 3. The van der Waals surface area contributed by atoms with Crippen molar-refractivity contribution >= 4 is 43.1 Å². The molecule has 0 aliphatic heterocycles. The van der Waals surface area contributed by atoms with Crippen LogP contribution in [-0.4, -0.2) is 14.4 Å². The van der Waals surface area contributed by atoms with Crippen molar-refractivity contribution in [3.8, 4) is 10.7 Å². The van der Waals surface area contributed by atoms with Crippen LogP contribution in [-0.2, 0) is 0 Å². The number of halogens is 1. The zero-order valence-corrected chi connectivity index (χ0v) is 12.1. The minimum atomic E-state index is 0.916. The lowest BCUT2D eigenvalue weighted by Gasteiger charge is -1.91. The second-order valence-corrected chi connectivity index (χ2v) is 6.17. The van der Waals surface area contributed by atoms with E-state index >= 15 is 0 Å². The second kappa shape index (κ2) is 4.15. The molecule has 0 saturated heterocycles. The topological polar surface area (TPSA) is 30.2 Å². The standard InChI is InChI=1S/C14H8BrN3S/c15-9-5-6-13-16-11(8-18(13)7-9)14-17-10-3-1-2-4-12(10)19-14/h1-8H. The summed E-state index contributed by atoms with van der Waals surface area (Å²) < 4.78 is 4.23. The Labute approximate surface area is 121 Å². The smallest absolute Gasteiger partial charge is 0.144 e. The Balaban J connectivity index is 1.93. The van der Waals surface area contributed by atoms with Gasteiger partial charge in [-0.05, 0) is 40.2 Å². The third-order valence-electron chi connectivity index (χ3n) is 2.93. The van der Waals surface area contributed by atoms with Crippen LogP contribution < -0.4 is 0 Å². The molecule has 0 spiro atoms. The number of imidazole rings is 1. The first kappa shape index (κ1) is 11.1. The minimum Gasteiger partial charge on any atom is -0.305 e. The largest absolute Gasteiger partial charge is 0.305 e. The van der Waals surface area contributed by atoms with Crippen LogP contribution in [0.3, 0.4) is 0 Å². The molecular formula is C14H8BrN3S. The number of pyridine rings is 1. The van der Waals surface area contributed by atoms with Gasteiger partial charge in [0.25, 0.3) is 0 Å². The Morgan fingerprint density at radius 1 is 1.00 bits per heavy atom. The van der Waals surface area contributed by atoms with Gasteiger partial charge >= 0.3 is 0 Å². The first-order valence-electron chi connectivity index (χ1n) is 5.80. The van der Waals surface area contributed by atoms with E-state index in [-0.39, 0.29) is 0 Å². The van der Waals surface area contributed by atoms with Crippen LogP contribution in [0.4, 0.5) is 0 Å². The van der Waals surface area contributed by atoms with Crippen LogP contribution in [0, 0.1) is 0 Å². The van der Waals surface area contributed by atoms with E-state index < -0.39 is 0 Å². The molecular weight excluding hydrogens is 322 g/mol. The molecule has 0 unspecified atom stereocenters. The monoisotopic (exact) mass is 329 g/mol. The average Bonchev–Trinajstić information content (AvgIpc) is 3.00. The average molecular weight is 330 g/mol. The summed E-state index contributed by atoms with van der Waals surface area (Å²) in [6.45, 7) is 0. The van der Waals surface area contributed by atoms with Gasteiger partial charge in [-0.2, -0.15) is 0 Å². The van der Waals surface area contributed by atoms with Crippen molar-refractivity contribution in [2.45, 2.75) is 0 Å². The molecule has 0 N–H and O–H groups in total. The molecule has 0 saturated carbocycles. The third kappa shape index (κ3) is 1.86. The Kier molecular flexibility index (Phi) is 2.43. The second-order valence-electron chi connectivity index (χ2n) is 4.23. The molecule has 0 amide bonds. The predicted molar refractivity (Wildman–Crippen MR) is 81.5 cm³/mol. The maximum absolute atomic E-state index is 4.63. The molecule has 1 aromatic carbocycles. The third-order valence-corrected chi connectivity index (χ3v) is 4.46. The molecule has 0 atom stereocenters. The van der Waals surface area contributed by atoms with Crippen molar-refractivity contribution in [1.29, 1.82) is 0 Å². The lowest BCUT2D eigenvalue weighted by Crippen LogP contribution is -1.80. The van der Waals surface area contributed by atoms with Crippen LogP contribution in [0.1, 0.15) is 0 Å². The van der Waals surface area contributed by atoms with E-state index in [0.717, 1.165) is 26.3 Å². The summed E-state index contributed by atoms with van der Waals surface area (Å²) >= 11 is 5.14. The van der Waals surface area contributed by atoms with Gasteiger partial charge in [-0.3, -0.25) is 0 Å². The molecule has 5 heteroatoms. The highest BCUT2D eigenvalue weighted by Gasteiger charge is 2.09. The van der Waals surface area contributed by atoms with Crippen molar-refractivity contribution in [1.82, 2.24) is 14.4 Å². The summed E-state index contributed by atoms with van der Waals surface area (Å²) in [4.78, 5) is 9.24. The quantitative estimate of drug-likeness (QED) is 0.519. The number of para-hydroxylation sites is 1. The van der Waals surface area contributed by atoms with E-state index in [2.05, 4.69) is 32.0 Å². The number of rotatable bonds is 1. The molecule has 0 bridgehead atoms. The lowest BCUT2D eigenvalue weighted by atomic mass is 10.3. The van der Waals surface area contributed by atoms with Crippen molar-refractivity contribution in [2.24, 2.45) is 0 Å². The van der Waals surface area contributed by atoms with Crippen LogP contribution in [0.25, 0.3) is 26.6 Å². The summed E-state index contributed by atoms with van der Waals surface area (Å²) in [6.07, 6.45) is 4.01. The van der Waals surface area contributed by atoms with E-state index in [1.165, 1.54) is 4.70 Å². The summed E-state index contributed by atoms with van der Waals surface area (Å²) in [5, 5.41) is 0.959. The molecule has 3 nitrogen and oxygen atoms in total. The van der Waals surface area contributed by atoms with E-state index in [0.29, 0.717) is 0 Å². The molecule has 0 aliphatic rings. The highest BCUT2D eigenvalue weighted by Crippen LogP contribution is 2.29. The summed E-state index contributed by atoms with van der Waals surface area (Å²) in [6, 6.07) is 12.1. The summed E-state index contributed by atoms with van der Waals surface area (Å²) in [5.74, 6) is 0. The van der Waals surface area contributed by atoms with Gasteiger partial charge in [-0.25, -0.2) is 9.97 Å². The van der Waals surface area contributed by atoms with Crippen LogP contribution in [0.15, 0.2) is 53.3 Å². The van der Waals surface area contributed by atoms with Crippen molar-refractivity contribution in [2.75, 3.05) is 0 Å². The molecule has 0 radical (unpaired) electrons. The number of nitrogens with zero attached hydrogens (tertiary/aromatic N) is 3. The molecule has 92 valence electrons. The summed E-state index contributed by atoms with van der Waals surface area (Å²) in [7, 11) is 0. The van der Waals surface area contributed by atoms with Gasteiger partial charge in [0.15, 0.2) is 0 Å². The highest BCUT2D eigenvalue weighted by molar-refractivity contribution is 9.10. The first-order valence-corrected chi connectivity index (χ1v) is 7.41. The molecule has 4 rings (SSSR count). The zero-order chi connectivity index (χ0) is 12.8.